The smallest absolute Gasteiger partial charge is 0.387 e. The normalized spacial score (nSPS) is 11.3. The number of nitrogens with one attached hydrogen (secondary N) is 1. The summed E-state index contributed by atoms with van der Waals surface area (Å²) in [7, 11) is 0. The van der Waals surface area contributed by atoms with Crippen molar-refractivity contribution in [3.8, 4) is 11.5 Å². The Morgan fingerprint density at radius 2 is 1.67 bits per heavy atom. The summed E-state index contributed by atoms with van der Waals surface area (Å²) in [5, 5.41) is 2.13. The molecule has 0 unspecified atom stereocenters. The van der Waals surface area contributed by atoms with Crippen LogP contribution in [0, 0.1) is 11.6 Å². The van der Waals surface area contributed by atoms with Crippen LogP contribution < -0.4 is 14.8 Å². The number of anilines is 1. The fourth-order valence-corrected chi connectivity index (χ4v) is 1.96. The van der Waals surface area contributed by atoms with Crippen LogP contribution in [0.5, 0.6) is 11.5 Å². The van der Waals surface area contributed by atoms with Gasteiger partial charge in [0.25, 0.3) is 0 Å². The summed E-state index contributed by atoms with van der Waals surface area (Å²) in [5.41, 5.74) is -0.345. The number of benzene rings is 2. The lowest BCUT2D eigenvalue weighted by atomic mass is 10.1. The molecule has 1 amide bonds. The monoisotopic (exact) mass is 391 g/mol. The molecule has 1 N–H and O–H groups in total. The molecule has 4 nitrogen and oxygen atoms in total. The largest absolute Gasteiger partial charge is 0.435 e. The van der Waals surface area contributed by atoms with Gasteiger partial charge >= 0.3 is 13.2 Å². The summed E-state index contributed by atoms with van der Waals surface area (Å²) in [6.07, 6.45) is 1.91. The Kier molecular flexibility index (Phi) is 6.69. The summed E-state index contributed by atoms with van der Waals surface area (Å²) < 4.78 is 83.9. The highest BCUT2D eigenvalue weighted by atomic mass is 19.3. The molecule has 0 aliphatic heterocycles. The lowest BCUT2D eigenvalue weighted by molar-refractivity contribution is -0.111. The van der Waals surface area contributed by atoms with E-state index in [4.69, 9.17) is 0 Å². The molecule has 0 aromatic heterocycles. The number of alkyl halides is 4. The predicted octanol–water partition coefficient (Wildman–Crippen LogP) is 4.82. The van der Waals surface area contributed by atoms with Gasteiger partial charge in [0.15, 0.2) is 0 Å². The van der Waals surface area contributed by atoms with Crippen LogP contribution in [0.4, 0.5) is 32.0 Å². The molecule has 2 aromatic carbocycles. The highest BCUT2D eigenvalue weighted by Crippen LogP contribution is 2.28. The number of carbonyl (C=O) groups excluding carboxylic acids is 1. The van der Waals surface area contributed by atoms with Crippen molar-refractivity contribution >= 4 is 17.7 Å². The van der Waals surface area contributed by atoms with E-state index in [1.54, 1.807) is 0 Å². The molecule has 27 heavy (non-hydrogen) atoms. The Morgan fingerprint density at radius 1 is 0.963 bits per heavy atom. The predicted molar refractivity (Wildman–Crippen MR) is 83.7 cm³/mol. The first-order valence-corrected chi connectivity index (χ1v) is 7.22. The molecule has 0 aliphatic rings. The second-order valence-electron chi connectivity index (χ2n) is 4.90. The van der Waals surface area contributed by atoms with Crippen molar-refractivity contribution < 1.29 is 40.6 Å². The fraction of sp³-hybridized carbons (Fsp3) is 0.118. The molecule has 0 bridgehead atoms. The average molecular weight is 391 g/mol. The number of hydrogen-bond donors (Lipinski definition) is 1. The molecule has 144 valence electrons. The van der Waals surface area contributed by atoms with Crippen molar-refractivity contribution in [2.45, 2.75) is 13.2 Å². The van der Waals surface area contributed by atoms with Crippen LogP contribution in [0.25, 0.3) is 6.08 Å². The first-order chi connectivity index (χ1) is 12.7. The zero-order valence-electron chi connectivity index (χ0n) is 13.3. The van der Waals surface area contributed by atoms with E-state index in [9.17, 15) is 31.1 Å². The molecule has 10 heteroatoms. The lowest BCUT2D eigenvalue weighted by Gasteiger charge is -2.11. The van der Waals surface area contributed by atoms with E-state index in [1.165, 1.54) is 0 Å². The minimum Gasteiger partial charge on any atom is -0.435 e. The maximum atomic E-state index is 13.5. The van der Waals surface area contributed by atoms with E-state index in [1.807, 2.05) is 0 Å². The molecular formula is C17H11F6NO3. The maximum Gasteiger partial charge on any atom is 0.387 e. The van der Waals surface area contributed by atoms with Crippen LogP contribution in [-0.2, 0) is 4.79 Å². The molecular weight excluding hydrogens is 380 g/mol. The van der Waals surface area contributed by atoms with Gasteiger partial charge in [0.05, 0.1) is 5.69 Å². The Hall–Kier alpha value is -3.17. The van der Waals surface area contributed by atoms with Crippen LogP contribution in [0.1, 0.15) is 5.56 Å². The number of ether oxygens (including phenoxy) is 2. The zero-order chi connectivity index (χ0) is 20.0. The van der Waals surface area contributed by atoms with Gasteiger partial charge in [-0.2, -0.15) is 17.6 Å². The maximum absolute atomic E-state index is 13.5. The van der Waals surface area contributed by atoms with Gasteiger partial charge < -0.3 is 14.8 Å². The van der Waals surface area contributed by atoms with E-state index in [0.717, 1.165) is 42.5 Å². The highest BCUT2D eigenvalue weighted by Gasteiger charge is 2.13. The standard InChI is InChI=1S/C17H11F6NO3/c18-10-3-5-13(12(19)7-10)24-15(25)6-2-9-1-4-11(26-16(20)21)8-14(9)27-17(22)23/h1-8,16-17H,(H,24,25). The van der Waals surface area contributed by atoms with Gasteiger partial charge in [-0.15, -0.1) is 0 Å². The van der Waals surface area contributed by atoms with Gasteiger partial charge in [0.1, 0.15) is 23.1 Å². The van der Waals surface area contributed by atoms with Crippen LogP contribution >= 0.6 is 0 Å². The second kappa shape index (κ2) is 8.97. The molecule has 0 saturated carbocycles. The first kappa shape index (κ1) is 20.1. The minimum absolute atomic E-state index is 0.0494. The number of amides is 1. The van der Waals surface area contributed by atoms with Crippen molar-refractivity contribution in [2.75, 3.05) is 5.32 Å². The molecule has 0 fully saturated rings. The van der Waals surface area contributed by atoms with E-state index in [-0.39, 0.29) is 11.3 Å². The van der Waals surface area contributed by atoms with Crippen molar-refractivity contribution in [3.05, 3.63) is 59.7 Å². The number of carbonyl (C=O) groups is 1. The molecule has 0 saturated heterocycles. The van der Waals surface area contributed by atoms with E-state index >= 15 is 0 Å². The zero-order valence-corrected chi connectivity index (χ0v) is 13.3. The number of halogens is 6. The summed E-state index contributed by atoms with van der Waals surface area (Å²) in [6.45, 7) is -6.41. The third-order valence-electron chi connectivity index (χ3n) is 3.03. The summed E-state index contributed by atoms with van der Waals surface area (Å²) in [5.74, 6) is -3.62. The third-order valence-corrected chi connectivity index (χ3v) is 3.03. The lowest BCUT2D eigenvalue weighted by Crippen LogP contribution is -2.09. The summed E-state index contributed by atoms with van der Waals surface area (Å²) in [6, 6.07) is 5.46. The second-order valence-corrected chi connectivity index (χ2v) is 4.90. The topological polar surface area (TPSA) is 47.6 Å². The van der Waals surface area contributed by atoms with Crippen molar-refractivity contribution in [1.82, 2.24) is 0 Å². The van der Waals surface area contributed by atoms with Gasteiger partial charge in [-0.1, -0.05) is 0 Å². The van der Waals surface area contributed by atoms with Gasteiger partial charge in [-0.3, -0.25) is 4.79 Å². The summed E-state index contributed by atoms with van der Waals surface area (Å²) >= 11 is 0. The highest BCUT2D eigenvalue weighted by molar-refractivity contribution is 6.02. The SMILES string of the molecule is O=C(C=Cc1ccc(OC(F)F)cc1OC(F)F)Nc1ccc(F)cc1F. The van der Waals surface area contributed by atoms with Gasteiger partial charge in [-0.05, 0) is 30.3 Å². The molecule has 0 aliphatic carbocycles. The number of hydrogen-bond acceptors (Lipinski definition) is 3. The molecule has 0 spiro atoms. The third kappa shape index (κ3) is 6.24. The van der Waals surface area contributed by atoms with E-state index < -0.39 is 42.3 Å². The molecule has 0 radical (unpaired) electrons. The van der Waals surface area contributed by atoms with Crippen molar-refractivity contribution in [2.24, 2.45) is 0 Å². The van der Waals surface area contributed by atoms with Crippen LogP contribution in [0.2, 0.25) is 0 Å². The van der Waals surface area contributed by atoms with Crippen LogP contribution in [0.15, 0.2) is 42.5 Å². The molecule has 0 heterocycles. The summed E-state index contributed by atoms with van der Waals surface area (Å²) in [4.78, 5) is 11.8. The molecule has 0 atom stereocenters. The first-order valence-electron chi connectivity index (χ1n) is 7.22. The Labute approximate surface area is 149 Å². The van der Waals surface area contributed by atoms with E-state index in [0.29, 0.717) is 6.07 Å². The van der Waals surface area contributed by atoms with Crippen LogP contribution in [-0.4, -0.2) is 19.1 Å². The quantitative estimate of drug-likeness (QED) is 0.544. The Balaban J connectivity index is 2.17. The van der Waals surface area contributed by atoms with Gasteiger partial charge in [0.2, 0.25) is 5.91 Å². The Bertz CT molecular complexity index is 841. The van der Waals surface area contributed by atoms with Crippen LogP contribution in [0.3, 0.4) is 0 Å². The number of rotatable bonds is 7. The molecule has 2 aromatic rings. The van der Waals surface area contributed by atoms with Crippen molar-refractivity contribution in [3.63, 3.8) is 0 Å². The van der Waals surface area contributed by atoms with Gasteiger partial charge in [-0.25, -0.2) is 8.78 Å². The Morgan fingerprint density at radius 3 is 2.30 bits per heavy atom. The fourth-order valence-electron chi connectivity index (χ4n) is 1.96. The average Bonchev–Trinajstić information content (AvgIpc) is 2.55. The van der Waals surface area contributed by atoms with E-state index in [2.05, 4.69) is 14.8 Å². The van der Waals surface area contributed by atoms with Crippen molar-refractivity contribution in [1.29, 1.82) is 0 Å². The van der Waals surface area contributed by atoms with Gasteiger partial charge in [0, 0.05) is 23.8 Å². The minimum atomic E-state index is -3.25. The molecule has 2 rings (SSSR count).